The van der Waals surface area contributed by atoms with Gasteiger partial charge >= 0.3 is 11.9 Å². The van der Waals surface area contributed by atoms with E-state index >= 15 is 0 Å². The van der Waals surface area contributed by atoms with Gasteiger partial charge < -0.3 is 4.90 Å². The zero-order valence-electron chi connectivity index (χ0n) is 15.8. The second-order valence-electron chi connectivity index (χ2n) is 7.61. The fourth-order valence-corrected chi connectivity index (χ4v) is 4.00. The molecule has 3 atom stereocenters. The van der Waals surface area contributed by atoms with Crippen LogP contribution in [-0.2, 0) is 23.9 Å². The standard InChI is InChI=1S/C19H19F5N4O2/c20-13-9-26(10-14(13)21)17(29)15-5-2-6-16-25-27(18(30)28(15)16)8-11-3-1-4-12(7-11)19(22,23)24/h1,3-4,7,13-15H,2,5-6,8-10H2. The van der Waals surface area contributed by atoms with Crippen LogP contribution in [0.5, 0.6) is 0 Å². The Kier molecular flexibility index (Phi) is 5.15. The summed E-state index contributed by atoms with van der Waals surface area (Å²) in [6, 6.07) is 3.66. The maximum absolute atomic E-state index is 13.5. The largest absolute Gasteiger partial charge is 0.416 e. The lowest BCUT2D eigenvalue weighted by molar-refractivity contribution is -0.137. The maximum Gasteiger partial charge on any atom is 0.416 e. The highest BCUT2D eigenvalue weighted by atomic mass is 19.4. The molecule has 162 valence electrons. The Balaban J connectivity index is 1.61. The van der Waals surface area contributed by atoms with Crippen LogP contribution in [0.3, 0.4) is 0 Å². The molecule has 1 fully saturated rings. The van der Waals surface area contributed by atoms with Crippen molar-refractivity contribution >= 4 is 5.91 Å². The molecule has 3 heterocycles. The lowest BCUT2D eigenvalue weighted by Crippen LogP contribution is -2.42. The van der Waals surface area contributed by atoms with Crippen molar-refractivity contribution in [2.75, 3.05) is 13.1 Å². The van der Waals surface area contributed by atoms with Gasteiger partial charge in [0.25, 0.3) is 0 Å². The molecule has 6 nitrogen and oxygen atoms in total. The number of likely N-dealkylation sites (tertiary alicyclic amines) is 1. The number of halogens is 5. The van der Waals surface area contributed by atoms with Crippen molar-refractivity contribution in [3.63, 3.8) is 0 Å². The highest BCUT2D eigenvalue weighted by molar-refractivity contribution is 5.81. The van der Waals surface area contributed by atoms with Gasteiger partial charge in [0.05, 0.1) is 25.2 Å². The fraction of sp³-hybridized carbons (Fsp3) is 0.526. The van der Waals surface area contributed by atoms with Gasteiger partial charge in [-0.05, 0) is 30.5 Å². The Bertz CT molecular complexity index is 1010. The number of benzene rings is 1. The van der Waals surface area contributed by atoms with E-state index in [1.807, 2.05) is 0 Å². The number of carbonyl (C=O) groups is 1. The van der Waals surface area contributed by atoms with Gasteiger partial charge in [0.1, 0.15) is 11.9 Å². The molecule has 0 aliphatic carbocycles. The highest BCUT2D eigenvalue weighted by Crippen LogP contribution is 2.30. The van der Waals surface area contributed by atoms with E-state index in [1.54, 1.807) is 0 Å². The Morgan fingerprint density at radius 2 is 1.87 bits per heavy atom. The van der Waals surface area contributed by atoms with Gasteiger partial charge in [0.15, 0.2) is 12.3 Å². The molecular weight excluding hydrogens is 411 g/mol. The summed E-state index contributed by atoms with van der Waals surface area (Å²) in [5, 5.41) is 4.19. The molecule has 0 radical (unpaired) electrons. The van der Waals surface area contributed by atoms with E-state index in [9.17, 15) is 31.5 Å². The van der Waals surface area contributed by atoms with Crippen LogP contribution in [0.25, 0.3) is 0 Å². The molecule has 11 heteroatoms. The number of fused-ring (bicyclic) bond motifs is 1. The number of alkyl halides is 5. The van der Waals surface area contributed by atoms with Crippen LogP contribution >= 0.6 is 0 Å². The molecule has 30 heavy (non-hydrogen) atoms. The lowest BCUT2D eigenvalue weighted by atomic mass is 10.0. The second kappa shape index (κ2) is 7.51. The highest BCUT2D eigenvalue weighted by Gasteiger charge is 2.40. The summed E-state index contributed by atoms with van der Waals surface area (Å²) in [5.41, 5.74) is -1.22. The first-order valence-electron chi connectivity index (χ1n) is 9.56. The summed E-state index contributed by atoms with van der Waals surface area (Å²) in [5.74, 6) is -0.205. The van der Waals surface area contributed by atoms with Crippen LogP contribution in [0.1, 0.15) is 35.8 Å². The molecule has 2 aliphatic heterocycles. The molecule has 4 rings (SSSR count). The smallest absolute Gasteiger partial charge is 0.335 e. The van der Waals surface area contributed by atoms with Crippen molar-refractivity contribution in [3.05, 3.63) is 51.7 Å². The van der Waals surface area contributed by atoms with E-state index in [0.717, 1.165) is 21.7 Å². The number of nitrogens with zero attached hydrogens (tertiary/aromatic N) is 4. The number of aryl methyl sites for hydroxylation is 1. The van der Waals surface area contributed by atoms with Crippen LogP contribution in [0.2, 0.25) is 0 Å². The fourth-order valence-electron chi connectivity index (χ4n) is 4.00. The minimum atomic E-state index is -4.51. The third kappa shape index (κ3) is 3.72. The minimum absolute atomic E-state index is 0.188. The SMILES string of the molecule is O=C(C1CCCc2nn(Cc3cccc(C(F)(F)F)c3)c(=O)n21)N1CC(F)C(F)C1. The summed E-state index contributed by atoms with van der Waals surface area (Å²) in [7, 11) is 0. The number of carbonyl (C=O) groups excluding carboxylic acids is 1. The first-order chi connectivity index (χ1) is 14.1. The van der Waals surface area contributed by atoms with Crippen molar-refractivity contribution in [2.45, 2.75) is 50.4 Å². The average molecular weight is 430 g/mol. The Morgan fingerprint density at radius 1 is 1.17 bits per heavy atom. The summed E-state index contributed by atoms with van der Waals surface area (Å²) in [4.78, 5) is 26.8. The zero-order valence-corrected chi connectivity index (χ0v) is 15.8. The Morgan fingerprint density at radius 3 is 2.53 bits per heavy atom. The predicted octanol–water partition coefficient (Wildman–Crippen LogP) is 2.51. The third-order valence-corrected chi connectivity index (χ3v) is 5.50. The molecule has 1 aromatic heterocycles. The molecule has 1 aromatic carbocycles. The number of rotatable bonds is 3. The van der Waals surface area contributed by atoms with Gasteiger partial charge in [-0.25, -0.2) is 18.3 Å². The van der Waals surface area contributed by atoms with Gasteiger partial charge in [0.2, 0.25) is 5.91 Å². The van der Waals surface area contributed by atoms with Gasteiger partial charge in [-0.2, -0.15) is 18.3 Å². The number of amides is 1. The van der Waals surface area contributed by atoms with Crippen LogP contribution in [-0.4, -0.2) is 50.6 Å². The van der Waals surface area contributed by atoms with Gasteiger partial charge in [-0.1, -0.05) is 12.1 Å². The van der Waals surface area contributed by atoms with Crippen molar-refractivity contribution in [2.24, 2.45) is 0 Å². The molecule has 1 amide bonds. The van der Waals surface area contributed by atoms with Gasteiger partial charge in [-0.3, -0.25) is 9.36 Å². The monoisotopic (exact) mass is 430 g/mol. The van der Waals surface area contributed by atoms with Crippen LogP contribution in [0, 0.1) is 0 Å². The zero-order chi connectivity index (χ0) is 21.6. The topological polar surface area (TPSA) is 60.1 Å². The van der Waals surface area contributed by atoms with Crippen molar-refractivity contribution in [3.8, 4) is 0 Å². The summed E-state index contributed by atoms with van der Waals surface area (Å²) >= 11 is 0. The minimum Gasteiger partial charge on any atom is -0.335 e. The summed E-state index contributed by atoms with van der Waals surface area (Å²) < 4.78 is 68.0. The van der Waals surface area contributed by atoms with E-state index in [1.165, 1.54) is 16.7 Å². The lowest BCUT2D eigenvalue weighted by Gasteiger charge is -2.26. The van der Waals surface area contributed by atoms with Crippen molar-refractivity contribution < 1.29 is 26.7 Å². The van der Waals surface area contributed by atoms with Crippen LogP contribution in [0.4, 0.5) is 22.0 Å². The van der Waals surface area contributed by atoms with E-state index in [-0.39, 0.29) is 25.2 Å². The molecule has 0 spiro atoms. The predicted molar refractivity (Wildman–Crippen MR) is 95.4 cm³/mol. The number of hydrogen-bond acceptors (Lipinski definition) is 3. The first kappa shape index (κ1) is 20.5. The van der Waals surface area contributed by atoms with Gasteiger partial charge in [-0.15, -0.1) is 0 Å². The maximum atomic E-state index is 13.5. The Hall–Kier alpha value is -2.72. The molecular formula is C19H19F5N4O2. The summed E-state index contributed by atoms with van der Waals surface area (Å²) in [6.45, 7) is -0.912. The molecule has 0 saturated carbocycles. The average Bonchev–Trinajstić information content (AvgIpc) is 3.20. The van der Waals surface area contributed by atoms with Crippen LogP contribution < -0.4 is 5.69 Å². The van der Waals surface area contributed by atoms with E-state index < -0.39 is 41.7 Å². The number of aromatic nitrogens is 3. The number of hydrogen-bond donors (Lipinski definition) is 0. The summed E-state index contributed by atoms with van der Waals surface area (Å²) in [6.07, 6.45) is -6.71. The van der Waals surface area contributed by atoms with E-state index in [0.29, 0.717) is 25.1 Å². The molecule has 2 aromatic rings. The van der Waals surface area contributed by atoms with Crippen molar-refractivity contribution in [1.82, 2.24) is 19.2 Å². The molecule has 2 aliphatic rings. The normalized spacial score (nSPS) is 24.2. The van der Waals surface area contributed by atoms with E-state index in [4.69, 9.17) is 0 Å². The first-order valence-corrected chi connectivity index (χ1v) is 9.56. The second-order valence-corrected chi connectivity index (χ2v) is 7.61. The molecule has 0 N–H and O–H groups in total. The molecule has 3 unspecified atom stereocenters. The molecule has 0 bridgehead atoms. The third-order valence-electron chi connectivity index (χ3n) is 5.50. The Labute approximate surface area is 167 Å². The van der Waals surface area contributed by atoms with E-state index in [2.05, 4.69) is 5.10 Å². The van der Waals surface area contributed by atoms with Gasteiger partial charge in [0, 0.05) is 6.42 Å². The van der Waals surface area contributed by atoms with Crippen LogP contribution in [0.15, 0.2) is 29.1 Å². The molecule has 1 saturated heterocycles. The van der Waals surface area contributed by atoms with Crippen molar-refractivity contribution in [1.29, 1.82) is 0 Å². The quantitative estimate of drug-likeness (QED) is 0.704.